The molecular formula is C27H34FNO5S3. The Morgan fingerprint density at radius 1 is 0.865 bits per heavy atom. The number of halogens is 1. The zero-order valence-corrected chi connectivity index (χ0v) is 23.9. The van der Waals surface area contributed by atoms with E-state index < -0.39 is 0 Å². The minimum atomic E-state index is -0.282. The number of hydrogen-bond acceptors (Lipinski definition) is 9. The van der Waals surface area contributed by atoms with Gasteiger partial charge in [-0.3, -0.25) is 0 Å². The molecule has 0 atom stereocenters. The van der Waals surface area contributed by atoms with E-state index in [-0.39, 0.29) is 5.82 Å². The molecule has 0 spiro atoms. The predicted molar refractivity (Wildman–Crippen MR) is 151 cm³/mol. The summed E-state index contributed by atoms with van der Waals surface area (Å²) < 4.78 is 42.3. The number of hydrogen-bond donors (Lipinski definition) is 0. The van der Waals surface area contributed by atoms with Gasteiger partial charge in [-0.05, 0) is 42.5 Å². The van der Waals surface area contributed by atoms with E-state index in [0.29, 0.717) is 68.5 Å². The maximum absolute atomic E-state index is 13.9. The number of aromatic nitrogens is 1. The van der Waals surface area contributed by atoms with Gasteiger partial charge >= 0.3 is 0 Å². The molecule has 3 aromatic rings. The maximum atomic E-state index is 13.9. The van der Waals surface area contributed by atoms with Crippen LogP contribution in [-0.4, -0.2) is 70.7 Å². The highest BCUT2D eigenvalue weighted by Crippen LogP contribution is 2.35. The first-order chi connectivity index (χ1) is 18.0. The normalized spacial score (nSPS) is 11.5. The SMILES string of the molecule is CSc1ccc(F)cc1-c1cc2ccc(OCCOCCOCCOCCOCC(C)C)nc2sc1=S. The lowest BCUT2D eigenvalue weighted by Crippen LogP contribution is -2.14. The first-order valence-corrected chi connectivity index (χ1v) is 14.7. The number of pyridine rings is 1. The Morgan fingerprint density at radius 2 is 1.51 bits per heavy atom. The maximum Gasteiger partial charge on any atom is 0.214 e. The summed E-state index contributed by atoms with van der Waals surface area (Å²) in [6, 6.07) is 10.5. The highest BCUT2D eigenvalue weighted by atomic mass is 32.2. The standard InChI is InChI=1S/C27H34FNO5S3/c1-19(2)18-33-13-12-31-9-8-30-10-11-32-14-15-34-25-7-4-20-16-23(27(35)37-26(20)29-25)22-17-21(28)5-6-24(22)36-3/h4-7,16-17,19H,8-15,18H2,1-3H3. The Hall–Kier alpha value is -1.66. The van der Waals surface area contributed by atoms with Crippen molar-refractivity contribution in [3.8, 4) is 17.0 Å². The van der Waals surface area contributed by atoms with Crippen LogP contribution in [-0.2, 0) is 18.9 Å². The summed E-state index contributed by atoms with van der Waals surface area (Å²) in [7, 11) is 0. The zero-order chi connectivity index (χ0) is 26.5. The van der Waals surface area contributed by atoms with Gasteiger partial charge in [0, 0.05) is 34.1 Å². The summed E-state index contributed by atoms with van der Waals surface area (Å²) in [4.78, 5) is 6.34. The van der Waals surface area contributed by atoms with Gasteiger partial charge in [0.25, 0.3) is 0 Å². The van der Waals surface area contributed by atoms with Crippen LogP contribution in [0.1, 0.15) is 13.8 Å². The molecule has 0 bridgehead atoms. The number of benzene rings is 1. The highest BCUT2D eigenvalue weighted by molar-refractivity contribution is 7.98. The topological polar surface area (TPSA) is 59.0 Å². The molecule has 0 N–H and O–H groups in total. The first-order valence-electron chi connectivity index (χ1n) is 12.2. The van der Waals surface area contributed by atoms with Gasteiger partial charge in [0.1, 0.15) is 17.3 Å². The number of rotatable bonds is 17. The molecule has 37 heavy (non-hydrogen) atoms. The molecule has 0 aliphatic heterocycles. The van der Waals surface area contributed by atoms with Crippen LogP contribution < -0.4 is 4.74 Å². The van der Waals surface area contributed by atoms with Crippen LogP contribution in [0.2, 0.25) is 0 Å². The van der Waals surface area contributed by atoms with Crippen LogP contribution in [0.4, 0.5) is 4.39 Å². The van der Waals surface area contributed by atoms with E-state index in [1.54, 1.807) is 17.8 Å². The van der Waals surface area contributed by atoms with E-state index in [9.17, 15) is 4.39 Å². The van der Waals surface area contributed by atoms with Crippen LogP contribution in [0.3, 0.4) is 0 Å². The van der Waals surface area contributed by atoms with Gasteiger partial charge in [-0.2, -0.15) is 0 Å². The molecule has 0 radical (unpaired) electrons. The largest absolute Gasteiger partial charge is 0.475 e. The minimum absolute atomic E-state index is 0.282. The van der Waals surface area contributed by atoms with E-state index >= 15 is 0 Å². The first kappa shape index (κ1) is 29.9. The summed E-state index contributed by atoms with van der Waals surface area (Å²) >= 11 is 8.58. The molecule has 202 valence electrons. The van der Waals surface area contributed by atoms with Crippen molar-refractivity contribution in [2.45, 2.75) is 18.7 Å². The average Bonchev–Trinajstić information content (AvgIpc) is 2.88. The van der Waals surface area contributed by atoms with Crippen molar-refractivity contribution in [3.63, 3.8) is 0 Å². The molecule has 0 fully saturated rings. The van der Waals surface area contributed by atoms with Crippen molar-refractivity contribution >= 4 is 45.5 Å². The highest BCUT2D eigenvalue weighted by Gasteiger charge is 2.11. The molecule has 0 aliphatic carbocycles. The van der Waals surface area contributed by atoms with Crippen LogP contribution in [0.15, 0.2) is 41.3 Å². The van der Waals surface area contributed by atoms with Crippen molar-refractivity contribution in [2.24, 2.45) is 5.92 Å². The van der Waals surface area contributed by atoms with Crippen molar-refractivity contribution < 1.29 is 28.1 Å². The molecule has 1 aromatic carbocycles. The average molecular weight is 568 g/mol. The fourth-order valence-corrected chi connectivity index (χ4v) is 5.16. The van der Waals surface area contributed by atoms with Crippen LogP contribution in [0, 0.1) is 15.6 Å². The van der Waals surface area contributed by atoms with Gasteiger partial charge in [0.05, 0.1) is 50.1 Å². The second-order valence-corrected chi connectivity index (χ2v) is 11.0. The van der Waals surface area contributed by atoms with Crippen molar-refractivity contribution in [2.75, 3.05) is 65.7 Å². The number of thioether (sulfide) groups is 1. The van der Waals surface area contributed by atoms with E-state index in [4.69, 9.17) is 35.9 Å². The monoisotopic (exact) mass is 567 g/mol. The Labute approximate surface area is 231 Å². The third kappa shape index (κ3) is 10.2. The van der Waals surface area contributed by atoms with E-state index in [1.165, 1.54) is 23.5 Å². The molecule has 0 saturated heterocycles. The number of nitrogens with zero attached hydrogens (tertiary/aromatic N) is 1. The van der Waals surface area contributed by atoms with Crippen LogP contribution >= 0.6 is 35.3 Å². The second-order valence-electron chi connectivity index (χ2n) is 8.49. The Kier molecular flexibility index (Phi) is 13.2. The molecule has 6 nitrogen and oxygen atoms in total. The number of fused-ring (bicyclic) bond motifs is 1. The summed E-state index contributed by atoms with van der Waals surface area (Å²) in [5.41, 5.74) is 1.64. The fraction of sp³-hybridized carbons (Fsp3) is 0.481. The zero-order valence-electron chi connectivity index (χ0n) is 21.5. The third-order valence-corrected chi connectivity index (χ3v) is 7.26. The summed E-state index contributed by atoms with van der Waals surface area (Å²) in [6.45, 7) is 9.03. The molecule has 0 aliphatic rings. The fourth-order valence-electron chi connectivity index (χ4n) is 3.33. The van der Waals surface area contributed by atoms with Crippen molar-refractivity contribution in [1.82, 2.24) is 4.98 Å². The minimum Gasteiger partial charge on any atom is -0.475 e. The molecule has 0 unspecified atom stereocenters. The summed E-state index contributed by atoms with van der Waals surface area (Å²) in [5, 5.41) is 0.928. The van der Waals surface area contributed by atoms with Crippen LogP contribution in [0.5, 0.6) is 5.88 Å². The number of ether oxygens (including phenoxy) is 5. The van der Waals surface area contributed by atoms with Gasteiger partial charge in [-0.25, -0.2) is 9.37 Å². The van der Waals surface area contributed by atoms with Crippen molar-refractivity contribution in [3.05, 3.63) is 46.0 Å². The van der Waals surface area contributed by atoms with Gasteiger partial charge in [0.15, 0.2) is 0 Å². The molecule has 3 rings (SSSR count). The van der Waals surface area contributed by atoms with E-state index in [2.05, 4.69) is 18.8 Å². The van der Waals surface area contributed by atoms with Gasteiger partial charge in [-0.15, -0.1) is 23.1 Å². The van der Waals surface area contributed by atoms with Crippen molar-refractivity contribution in [1.29, 1.82) is 0 Å². The quantitative estimate of drug-likeness (QED) is 0.102. The summed E-state index contributed by atoms with van der Waals surface area (Å²) in [5.74, 6) is 0.765. The molecule has 2 aromatic heterocycles. The molecule has 0 amide bonds. The predicted octanol–water partition coefficient (Wildman–Crippen LogP) is 6.65. The van der Waals surface area contributed by atoms with Crippen LogP contribution in [0.25, 0.3) is 21.3 Å². The molecule has 10 heteroatoms. The second kappa shape index (κ2) is 16.3. The van der Waals surface area contributed by atoms with Gasteiger partial charge < -0.3 is 23.7 Å². The third-order valence-electron chi connectivity index (χ3n) is 5.07. The van der Waals surface area contributed by atoms with E-state index in [0.717, 1.165) is 32.8 Å². The Balaban J connectivity index is 1.36. The summed E-state index contributed by atoms with van der Waals surface area (Å²) in [6.07, 6.45) is 1.97. The van der Waals surface area contributed by atoms with E-state index in [1.807, 2.05) is 24.5 Å². The molecular weight excluding hydrogens is 533 g/mol. The smallest absolute Gasteiger partial charge is 0.214 e. The lowest BCUT2D eigenvalue weighted by atomic mass is 10.1. The lowest BCUT2D eigenvalue weighted by molar-refractivity contribution is -0.00711. The molecule has 0 saturated carbocycles. The lowest BCUT2D eigenvalue weighted by Gasteiger charge is -2.10. The Bertz CT molecular complexity index is 1170. The molecule has 2 heterocycles. The Morgan fingerprint density at radius 3 is 2.16 bits per heavy atom. The van der Waals surface area contributed by atoms with Gasteiger partial charge in [-0.1, -0.05) is 26.1 Å². The van der Waals surface area contributed by atoms with Gasteiger partial charge in [0.2, 0.25) is 5.88 Å².